The maximum Gasteiger partial charge on any atom is 0.262 e. The zero-order valence-electron chi connectivity index (χ0n) is 16.7. The summed E-state index contributed by atoms with van der Waals surface area (Å²) in [5, 5.41) is 4.06. The molecular formula is C22H22N6O2. The van der Waals surface area contributed by atoms with Gasteiger partial charge in [-0.05, 0) is 42.9 Å². The van der Waals surface area contributed by atoms with Crippen LogP contribution >= 0.6 is 0 Å². The second-order valence-electron chi connectivity index (χ2n) is 7.86. The van der Waals surface area contributed by atoms with Gasteiger partial charge in [0.2, 0.25) is 5.89 Å². The van der Waals surface area contributed by atoms with Crippen LogP contribution in [0.25, 0.3) is 10.9 Å². The number of hydrogen-bond acceptors (Lipinski definition) is 7. The summed E-state index contributed by atoms with van der Waals surface area (Å²) in [4.78, 5) is 26.9. The Hall–Kier alpha value is -3.55. The van der Waals surface area contributed by atoms with Crippen LogP contribution in [-0.4, -0.2) is 37.8 Å². The summed E-state index contributed by atoms with van der Waals surface area (Å²) < 4.78 is 6.31. The molecule has 0 amide bonds. The Bertz CT molecular complexity index is 1200. The number of fused-ring (bicyclic) bond motifs is 2. The number of aryl methyl sites for hydroxylation is 1. The van der Waals surface area contributed by atoms with Crippen molar-refractivity contribution in [1.29, 1.82) is 0 Å². The Kier molecular flexibility index (Phi) is 4.74. The molecule has 152 valence electrons. The lowest BCUT2D eigenvalue weighted by molar-refractivity contribution is 0.368. The molecule has 0 unspecified atom stereocenters. The molecule has 0 bridgehead atoms. The molecule has 0 radical (unpaired) electrons. The van der Waals surface area contributed by atoms with Crippen molar-refractivity contribution in [3.8, 4) is 0 Å². The first-order valence-electron chi connectivity index (χ1n) is 10.0. The molecule has 8 nitrogen and oxygen atoms in total. The molecule has 1 aliphatic carbocycles. The zero-order chi connectivity index (χ0) is 20.5. The lowest BCUT2D eigenvalue weighted by Gasteiger charge is -2.19. The van der Waals surface area contributed by atoms with Gasteiger partial charge in [0.05, 0.1) is 23.4 Å². The van der Waals surface area contributed by atoms with Gasteiger partial charge in [0.25, 0.3) is 5.56 Å². The summed E-state index contributed by atoms with van der Waals surface area (Å²) in [5.41, 5.74) is 2.65. The van der Waals surface area contributed by atoms with E-state index in [1.54, 1.807) is 12.4 Å². The van der Waals surface area contributed by atoms with Gasteiger partial charge in [-0.2, -0.15) is 4.98 Å². The summed E-state index contributed by atoms with van der Waals surface area (Å²) in [6.45, 7) is 4.64. The fourth-order valence-corrected chi connectivity index (χ4v) is 4.03. The standard InChI is InChI=1S/C11H9N5O2.C11H13N/c1-7-2-12-3-8-10(7)11(17)16(6-14-8)4-9-13-5-15-18-9;1-2-4-11(5-3-1)12-7-9-6-10(9)8-12/h2-3,5-6H,4H2,1H3;1-5,9-10H,6-8H2/t;9-,10+. The SMILES string of the molecule is Cc1cncc2ncn(Cc3ncno3)c(=O)c12.c1ccc(N2C[C@H]3C[C@H]3C2)cc1. The largest absolute Gasteiger partial charge is 0.371 e. The molecule has 3 aromatic heterocycles. The van der Waals surface area contributed by atoms with Gasteiger partial charge in [-0.25, -0.2) is 4.98 Å². The molecule has 0 spiro atoms. The van der Waals surface area contributed by atoms with Gasteiger partial charge in [0.1, 0.15) is 6.54 Å². The van der Waals surface area contributed by atoms with E-state index < -0.39 is 0 Å². The molecule has 8 heteroatoms. The maximum atomic E-state index is 12.3. The Labute approximate surface area is 173 Å². The Morgan fingerprint density at radius 3 is 2.63 bits per heavy atom. The highest BCUT2D eigenvalue weighted by Crippen LogP contribution is 2.46. The summed E-state index contributed by atoms with van der Waals surface area (Å²) in [5.74, 6) is 2.43. The molecule has 1 saturated carbocycles. The monoisotopic (exact) mass is 402 g/mol. The Balaban J connectivity index is 0.000000139. The summed E-state index contributed by atoms with van der Waals surface area (Å²) in [6, 6.07) is 10.8. The Morgan fingerprint density at radius 1 is 1.10 bits per heavy atom. The summed E-state index contributed by atoms with van der Waals surface area (Å²) in [6.07, 6.45) is 7.45. The quantitative estimate of drug-likeness (QED) is 0.520. The summed E-state index contributed by atoms with van der Waals surface area (Å²) in [7, 11) is 0. The van der Waals surface area contributed by atoms with Crippen LogP contribution in [0, 0.1) is 18.8 Å². The second-order valence-corrected chi connectivity index (χ2v) is 7.86. The minimum absolute atomic E-state index is 0.141. The molecule has 0 N–H and O–H groups in total. The number of benzene rings is 1. The van der Waals surface area contributed by atoms with E-state index in [2.05, 4.69) is 55.3 Å². The number of aromatic nitrogens is 5. The zero-order valence-corrected chi connectivity index (χ0v) is 16.7. The van der Waals surface area contributed by atoms with Crippen molar-refractivity contribution in [1.82, 2.24) is 24.7 Å². The predicted octanol–water partition coefficient (Wildman–Crippen LogP) is 2.67. The third kappa shape index (κ3) is 3.68. The van der Waals surface area contributed by atoms with Gasteiger partial charge in [-0.3, -0.25) is 14.3 Å². The predicted molar refractivity (Wildman–Crippen MR) is 112 cm³/mol. The van der Waals surface area contributed by atoms with Crippen LogP contribution in [0.4, 0.5) is 5.69 Å². The average Bonchev–Trinajstić information content (AvgIpc) is 3.15. The van der Waals surface area contributed by atoms with E-state index in [-0.39, 0.29) is 12.1 Å². The second kappa shape index (κ2) is 7.70. The molecule has 1 aliphatic heterocycles. The van der Waals surface area contributed by atoms with E-state index in [9.17, 15) is 4.79 Å². The van der Waals surface area contributed by atoms with Crippen molar-refractivity contribution in [2.24, 2.45) is 11.8 Å². The Morgan fingerprint density at radius 2 is 1.90 bits per heavy atom. The number of piperidine rings is 1. The van der Waals surface area contributed by atoms with Crippen LogP contribution in [-0.2, 0) is 6.54 Å². The first-order valence-corrected chi connectivity index (χ1v) is 10.0. The number of hydrogen-bond donors (Lipinski definition) is 0. The van der Waals surface area contributed by atoms with Crippen molar-refractivity contribution < 1.29 is 4.52 Å². The lowest BCUT2D eigenvalue weighted by Crippen LogP contribution is -2.22. The van der Waals surface area contributed by atoms with Crippen molar-refractivity contribution in [2.45, 2.75) is 19.9 Å². The molecular weight excluding hydrogens is 380 g/mol. The third-order valence-corrected chi connectivity index (χ3v) is 5.74. The van der Waals surface area contributed by atoms with E-state index in [1.165, 1.54) is 42.4 Å². The first-order chi connectivity index (χ1) is 14.7. The highest BCUT2D eigenvalue weighted by Gasteiger charge is 2.44. The normalized spacial score (nSPS) is 19.3. The molecule has 6 rings (SSSR count). The molecule has 2 aliphatic rings. The molecule has 2 atom stereocenters. The number of para-hydroxylation sites is 1. The molecule has 1 saturated heterocycles. The van der Waals surface area contributed by atoms with Crippen molar-refractivity contribution in [2.75, 3.05) is 18.0 Å². The summed E-state index contributed by atoms with van der Waals surface area (Å²) >= 11 is 0. The van der Waals surface area contributed by atoms with Crippen LogP contribution < -0.4 is 10.5 Å². The van der Waals surface area contributed by atoms with E-state index in [1.807, 2.05) is 6.92 Å². The van der Waals surface area contributed by atoms with Crippen LogP contribution in [0.2, 0.25) is 0 Å². The van der Waals surface area contributed by atoms with Crippen LogP contribution in [0.5, 0.6) is 0 Å². The van der Waals surface area contributed by atoms with Crippen LogP contribution in [0.3, 0.4) is 0 Å². The fourth-order valence-electron chi connectivity index (χ4n) is 4.03. The van der Waals surface area contributed by atoms with E-state index in [0.29, 0.717) is 16.8 Å². The average molecular weight is 402 g/mol. The van der Waals surface area contributed by atoms with Crippen LogP contribution in [0.1, 0.15) is 17.9 Å². The van der Waals surface area contributed by atoms with Gasteiger partial charge in [-0.15, -0.1) is 0 Å². The van der Waals surface area contributed by atoms with Gasteiger partial charge < -0.3 is 9.42 Å². The minimum Gasteiger partial charge on any atom is -0.371 e. The lowest BCUT2D eigenvalue weighted by atomic mass is 10.2. The van der Waals surface area contributed by atoms with Crippen LogP contribution in [0.15, 0.2) is 64.7 Å². The molecule has 4 aromatic rings. The maximum absolute atomic E-state index is 12.3. The van der Waals surface area contributed by atoms with Gasteiger partial charge >= 0.3 is 0 Å². The number of rotatable bonds is 3. The highest BCUT2D eigenvalue weighted by molar-refractivity contribution is 5.79. The van der Waals surface area contributed by atoms with Crippen molar-refractivity contribution in [3.63, 3.8) is 0 Å². The molecule has 30 heavy (non-hydrogen) atoms. The van der Waals surface area contributed by atoms with Gasteiger partial charge in [-0.1, -0.05) is 23.4 Å². The fraction of sp³-hybridized carbons (Fsp3) is 0.318. The first kappa shape index (κ1) is 18.5. The number of pyridine rings is 1. The molecule has 2 fully saturated rings. The third-order valence-electron chi connectivity index (χ3n) is 5.74. The number of nitrogens with zero attached hydrogens (tertiary/aromatic N) is 6. The smallest absolute Gasteiger partial charge is 0.262 e. The van der Waals surface area contributed by atoms with E-state index >= 15 is 0 Å². The van der Waals surface area contributed by atoms with Crippen molar-refractivity contribution >= 4 is 16.6 Å². The van der Waals surface area contributed by atoms with E-state index in [0.717, 1.165) is 17.4 Å². The van der Waals surface area contributed by atoms with E-state index in [4.69, 9.17) is 4.52 Å². The minimum atomic E-state index is -0.141. The molecule has 4 heterocycles. The topological polar surface area (TPSA) is 89.9 Å². The van der Waals surface area contributed by atoms with Gasteiger partial charge in [0, 0.05) is 25.0 Å². The molecule has 1 aromatic carbocycles. The van der Waals surface area contributed by atoms with Gasteiger partial charge in [0.15, 0.2) is 6.33 Å². The number of anilines is 1. The highest BCUT2D eigenvalue weighted by atomic mass is 16.5. The van der Waals surface area contributed by atoms with Crippen molar-refractivity contribution in [3.05, 3.63) is 77.2 Å².